The largest absolute Gasteiger partial charge is 0.504 e. The molecular weight excluding hydrogens is 278 g/mol. The normalized spacial score (nSPS) is 20.5. The van der Waals surface area contributed by atoms with E-state index in [9.17, 15) is 15.3 Å². The average molecular weight is 299 g/mol. The summed E-state index contributed by atoms with van der Waals surface area (Å²) < 4.78 is 0. The molecule has 0 heterocycles. The van der Waals surface area contributed by atoms with Gasteiger partial charge < -0.3 is 20.6 Å². The van der Waals surface area contributed by atoms with Gasteiger partial charge in [0, 0.05) is 11.3 Å². The van der Waals surface area contributed by atoms with Gasteiger partial charge in [-0.2, -0.15) is 0 Å². The molecule has 0 aliphatic heterocycles. The standard InChI is InChI=1S/C18H21NO3/c1-2-11-5-3-4-6-14(11)19-15-9-7-13-12(17(15)21)8-10-16(20)18(13)22/h3-6,8,10,15,17,19-22H,2,7,9H2,1H3. The molecule has 2 aromatic rings. The lowest BCUT2D eigenvalue weighted by molar-refractivity contribution is 0.141. The Morgan fingerprint density at radius 3 is 2.68 bits per heavy atom. The second kappa shape index (κ2) is 5.89. The van der Waals surface area contributed by atoms with E-state index in [2.05, 4.69) is 18.3 Å². The van der Waals surface area contributed by atoms with Crippen LogP contribution in [-0.4, -0.2) is 21.4 Å². The zero-order chi connectivity index (χ0) is 15.7. The number of anilines is 1. The molecule has 0 radical (unpaired) electrons. The van der Waals surface area contributed by atoms with Crippen LogP contribution in [0.15, 0.2) is 36.4 Å². The van der Waals surface area contributed by atoms with E-state index in [0.29, 0.717) is 24.0 Å². The summed E-state index contributed by atoms with van der Waals surface area (Å²) in [5.41, 5.74) is 3.59. The van der Waals surface area contributed by atoms with Crippen LogP contribution in [-0.2, 0) is 12.8 Å². The van der Waals surface area contributed by atoms with Crippen LogP contribution in [0, 0.1) is 0 Å². The van der Waals surface area contributed by atoms with Gasteiger partial charge in [0.2, 0.25) is 0 Å². The number of fused-ring (bicyclic) bond motifs is 1. The molecular formula is C18H21NO3. The zero-order valence-corrected chi connectivity index (χ0v) is 12.6. The van der Waals surface area contributed by atoms with E-state index >= 15 is 0 Å². The minimum Gasteiger partial charge on any atom is -0.504 e. The number of phenolic OH excluding ortho intramolecular Hbond substituents is 2. The second-order valence-corrected chi connectivity index (χ2v) is 5.75. The number of hydrogen-bond donors (Lipinski definition) is 4. The lowest BCUT2D eigenvalue weighted by Gasteiger charge is -2.32. The maximum Gasteiger partial charge on any atom is 0.161 e. The Kier molecular flexibility index (Phi) is 3.94. The van der Waals surface area contributed by atoms with E-state index < -0.39 is 6.10 Å². The van der Waals surface area contributed by atoms with Crippen molar-refractivity contribution < 1.29 is 15.3 Å². The highest BCUT2D eigenvalue weighted by Crippen LogP contribution is 2.40. The van der Waals surface area contributed by atoms with Crippen LogP contribution < -0.4 is 5.32 Å². The number of rotatable bonds is 3. The number of nitrogens with one attached hydrogen (secondary N) is 1. The molecule has 0 saturated heterocycles. The first-order valence-electron chi connectivity index (χ1n) is 7.68. The van der Waals surface area contributed by atoms with Crippen molar-refractivity contribution in [3.05, 3.63) is 53.1 Å². The van der Waals surface area contributed by atoms with E-state index in [1.54, 1.807) is 6.07 Å². The summed E-state index contributed by atoms with van der Waals surface area (Å²) in [6.07, 6.45) is 1.54. The predicted molar refractivity (Wildman–Crippen MR) is 86.3 cm³/mol. The van der Waals surface area contributed by atoms with Crippen LogP contribution in [0.5, 0.6) is 11.5 Å². The molecule has 0 spiro atoms. The molecule has 0 saturated carbocycles. The van der Waals surface area contributed by atoms with Crippen molar-refractivity contribution in [1.29, 1.82) is 0 Å². The van der Waals surface area contributed by atoms with Crippen LogP contribution in [0.2, 0.25) is 0 Å². The van der Waals surface area contributed by atoms with Gasteiger partial charge in [-0.05, 0) is 42.5 Å². The molecule has 4 N–H and O–H groups in total. The van der Waals surface area contributed by atoms with Crippen LogP contribution >= 0.6 is 0 Å². The minimum atomic E-state index is -0.708. The molecule has 0 amide bonds. The third-order valence-corrected chi connectivity index (χ3v) is 4.44. The summed E-state index contributed by atoms with van der Waals surface area (Å²) in [5, 5.41) is 33.6. The Hall–Kier alpha value is -2.20. The number of phenols is 2. The third-order valence-electron chi connectivity index (χ3n) is 4.44. The fourth-order valence-corrected chi connectivity index (χ4v) is 3.17. The molecule has 0 bridgehead atoms. The lowest BCUT2D eigenvalue weighted by atomic mass is 9.85. The first-order chi connectivity index (χ1) is 10.6. The van der Waals surface area contributed by atoms with E-state index in [0.717, 1.165) is 12.1 Å². The summed E-state index contributed by atoms with van der Waals surface area (Å²) >= 11 is 0. The van der Waals surface area contributed by atoms with Crippen molar-refractivity contribution in [2.45, 2.75) is 38.3 Å². The predicted octanol–water partition coefficient (Wildman–Crippen LogP) is 3.12. The van der Waals surface area contributed by atoms with Gasteiger partial charge in [-0.1, -0.05) is 31.2 Å². The number of benzene rings is 2. The quantitative estimate of drug-likeness (QED) is 0.657. The number of hydrogen-bond acceptors (Lipinski definition) is 4. The van der Waals surface area contributed by atoms with Crippen LogP contribution in [0.3, 0.4) is 0 Å². The summed E-state index contributed by atoms with van der Waals surface area (Å²) in [6, 6.07) is 11.1. The second-order valence-electron chi connectivity index (χ2n) is 5.75. The van der Waals surface area contributed by atoms with E-state index in [1.807, 2.05) is 18.2 Å². The number of aliphatic hydroxyl groups is 1. The van der Waals surface area contributed by atoms with Gasteiger partial charge in [0.15, 0.2) is 11.5 Å². The first kappa shape index (κ1) is 14.7. The highest BCUT2D eigenvalue weighted by atomic mass is 16.3. The lowest BCUT2D eigenvalue weighted by Crippen LogP contribution is -2.32. The van der Waals surface area contributed by atoms with Gasteiger partial charge in [-0.25, -0.2) is 0 Å². The topological polar surface area (TPSA) is 72.7 Å². The van der Waals surface area contributed by atoms with Gasteiger partial charge in [0.1, 0.15) is 0 Å². The van der Waals surface area contributed by atoms with Gasteiger partial charge in [-0.3, -0.25) is 0 Å². The van der Waals surface area contributed by atoms with Gasteiger partial charge in [-0.15, -0.1) is 0 Å². The average Bonchev–Trinajstić information content (AvgIpc) is 2.54. The van der Waals surface area contributed by atoms with E-state index in [-0.39, 0.29) is 17.5 Å². The molecule has 22 heavy (non-hydrogen) atoms. The molecule has 2 atom stereocenters. The highest BCUT2D eigenvalue weighted by Gasteiger charge is 2.30. The molecule has 0 aromatic heterocycles. The van der Waals surface area contributed by atoms with Crippen molar-refractivity contribution >= 4 is 5.69 Å². The minimum absolute atomic E-state index is 0.107. The molecule has 1 aliphatic rings. The summed E-state index contributed by atoms with van der Waals surface area (Å²) in [5.74, 6) is -0.238. The third kappa shape index (κ3) is 2.50. The highest BCUT2D eigenvalue weighted by molar-refractivity contribution is 5.55. The van der Waals surface area contributed by atoms with Crippen molar-refractivity contribution in [1.82, 2.24) is 0 Å². The maximum atomic E-state index is 10.6. The Morgan fingerprint density at radius 2 is 1.91 bits per heavy atom. The monoisotopic (exact) mass is 299 g/mol. The molecule has 0 fully saturated rings. The van der Waals surface area contributed by atoms with E-state index in [4.69, 9.17) is 0 Å². The van der Waals surface area contributed by atoms with Crippen LogP contribution in [0.1, 0.15) is 36.1 Å². The molecule has 2 unspecified atom stereocenters. The van der Waals surface area contributed by atoms with Gasteiger partial charge in [0.05, 0.1) is 12.1 Å². The summed E-state index contributed by atoms with van der Waals surface area (Å²) in [7, 11) is 0. The Labute approximate surface area is 130 Å². The molecule has 3 rings (SSSR count). The van der Waals surface area contributed by atoms with Crippen molar-refractivity contribution in [2.24, 2.45) is 0 Å². The van der Waals surface area contributed by atoms with Crippen molar-refractivity contribution in [3.8, 4) is 11.5 Å². The fraction of sp³-hybridized carbons (Fsp3) is 0.333. The number of aryl methyl sites for hydroxylation is 1. The van der Waals surface area contributed by atoms with Crippen LogP contribution in [0.4, 0.5) is 5.69 Å². The molecule has 116 valence electrons. The van der Waals surface area contributed by atoms with Gasteiger partial charge in [0.25, 0.3) is 0 Å². The first-order valence-corrected chi connectivity index (χ1v) is 7.68. The smallest absolute Gasteiger partial charge is 0.161 e. The summed E-state index contributed by atoms with van der Waals surface area (Å²) in [6.45, 7) is 2.11. The Balaban J connectivity index is 1.87. The van der Waals surface area contributed by atoms with Crippen molar-refractivity contribution in [2.75, 3.05) is 5.32 Å². The Morgan fingerprint density at radius 1 is 1.14 bits per heavy atom. The number of aromatic hydroxyl groups is 2. The number of para-hydroxylation sites is 1. The number of aliphatic hydroxyl groups excluding tert-OH is 1. The molecule has 2 aromatic carbocycles. The molecule has 4 nitrogen and oxygen atoms in total. The maximum absolute atomic E-state index is 10.6. The van der Waals surface area contributed by atoms with E-state index in [1.165, 1.54) is 11.6 Å². The van der Waals surface area contributed by atoms with Gasteiger partial charge >= 0.3 is 0 Å². The molecule has 1 aliphatic carbocycles. The van der Waals surface area contributed by atoms with Crippen LogP contribution in [0.25, 0.3) is 0 Å². The van der Waals surface area contributed by atoms with Crippen molar-refractivity contribution in [3.63, 3.8) is 0 Å². The fourth-order valence-electron chi connectivity index (χ4n) is 3.17. The summed E-state index contributed by atoms with van der Waals surface area (Å²) in [4.78, 5) is 0. The zero-order valence-electron chi connectivity index (χ0n) is 12.6. The Bertz CT molecular complexity index is 684. The molecule has 4 heteroatoms. The SMILES string of the molecule is CCc1ccccc1NC1CCc2c(ccc(O)c2O)C1O.